The van der Waals surface area contributed by atoms with Gasteiger partial charge in [-0.2, -0.15) is 4.98 Å². The van der Waals surface area contributed by atoms with Gasteiger partial charge in [-0.3, -0.25) is 23.6 Å². The summed E-state index contributed by atoms with van der Waals surface area (Å²) in [5.74, 6) is 0.0487. The second kappa shape index (κ2) is 20.3. The van der Waals surface area contributed by atoms with Crippen molar-refractivity contribution in [1.29, 1.82) is 0 Å². The van der Waals surface area contributed by atoms with Crippen molar-refractivity contribution in [3.8, 4) is 10.4 Å². The number of aromatic nitrogens is 4. The number of β-amino-alcohol motifs (C(OH)–C–C–N with tert-alkyl or cyclic N) is 1. The average molecular weight is 884 g/mol. The number of likely N-dealkylation sites (tertiary alicyclic amines) is 1. The number of rotatable bonds is 17. The number of anilines is 1. The number of nitrogens with one attached hydrogen (secondary N) is 2. The van der Waals surface area contributed by atoms with E-state index in [1.807, 2.05) is 105 Å². The van der Waals surface area contributed by atoms with E-state index < -0.39 is 35.4 Å². The summed E-state index contributed by atoms with van der Waals surface area (Å²) in [7, 11) is 0. The van der Waals surface area contributed by atoms with Crippen molar-refractivity contribution in [3.05, 3.63) is 77.6 Å². The molecule has 0 aliphatic carbocycles. The monoisotopic (exact) mass is 883 g/mol. The van der Waals surface area contributed by atoms with E-state index in [2.05, 4.69) is 25.5 Å². The van der Waals surface area contributed by atoms with Gasteiger partial charge in [0, 0.05) is 45.3 Å². The number of amides is 4. The van der Waals surface area contributed by atoms with Gasteiger partial charge >= 0.3 is 0 Å². The van der Waals surface area contributed by atoms with Gasteiger partial charge in [0.25, 0.3) is 0 Å². The molecule has 0 saturated carbocycles. The highest BCUT2D eigenvalue weighted by atomic mass is 32.1. The van der Waals surface area contributed by atoms with Gasteiger partial charge in [-0.1, -0.05) is 57.2 Å². The Morgan fingerprint density at radius 3 is 2.29 bits per heavy atom. The number of nitrogens with zero attached hydrogens (tertiary/aromatic N) is 7. The fourth-order valence-electron chi connectivity index (χ4n) is 7.87. The third-order valence-electron chi connectivity index (χ3n) is 11.4. The van der Waals surface area contributed by atoms with Gasteiger partial charge in [-0.05, 0) is 48.6 Å². The van der Waals surface area contributed by atoms with Crippen LogP contribution in [0.5, 0.6) is 0 Å². The Kier molecular flexibility index (Phi) is 14.7. The molecule has 336 valence electrons. The number of thiazole rings is 1. The predicted molar refractivity (Wildman–Crippen MR) is 238 cm³/mol. The number of imidazole rings is 1. The topological polar surface area (TPSA) is 193 Å². The number of hydrogen-bond donors (Lipinski definition) is 3. The molecule has 0 spiro atoms. The molecular weight excluding hydrogens is 827 g/mol. The summed E-state index contributed by atoms with van der Waals surface area (Å²) >= 11 is 1.57. The molecule has 18 heteroatoms. The van der Waals surface area contributed by atoms with Gasteiger partial charge in [-0.25, -0.2) is 9.97 Å². The molecule has 0 radical (unpaired) electrons. The number of para-hydroxylation sites is 2. The number of carbonyl (C=O) groups is 4. The number of hydrogen-bond acceptors (Lipinski definition) is 13. The maximum atomic E-state index is 14.0. The van der Waals surface area contributed by atoms with Crippen LogP contribution in [-0.4, -0.2) is 148 Å². The molecule has 2 saturated heterocycles. The number of aliphatic hydroxyl groups excluding tert-OH is 1. The van der Waals surface area contributed by atoms with Crippen molar-refractivity contribution in [2.24, 2.45) is 5.41 Å². The largest absolute Gasteiger partial charge is 0.391 e. The van der Waals surface area contributed by atoms with Gasteiger partial charge in [0.2, 0.25) is 29.4 Å². The lowest BCUT2D eigenvalue weighted by atomic mass is 9.85. The van der Waals surface area contributed by atoms with E-state index in [0.717, 1.165) is 38.5 Å². The Morgan fingerprint density at radius 1 is 0.889 bits per heavy atom. The molecular formula is C45H57N9O8S. The maximum absolute atomic E-state index is 14.0. The Hall–Kier alpha value is -5.53. The summed E-state index contributed by atoms with van der Waals surface area (Å²) in [4.78, 5) is 73.5. The first kappa shape index (κ1) is 45.5. The maximum Gasteiger partial charge on any atom is 0.248 e. The van der Waals surface area contributed by atoms with Crippen molar-refractivity contribution in [1.82, 2.24) is 39.8 Å². The van der Waals surface area contributed by atoms with Crippen LogP contribution in [0.3, 0.4) is 0 Å². The number of piperazine rings is 1. The van der Waals surface area contributed by atoms with E-state index >= 15 is 0 Å². The van der Waals surface area contributed by atoms with Crippen LogP contribution in [0, 0.1) is 12.3 Å². The molecule has 0 unspecified atom stereocenters. The van der Waals surface area contributed by atoms with Gasteiger partial charge in [0.05, 0.1) is 65.7 Å². The van der Waals surface area contributed by atoms with Crippen molar-refractivity contribution >= 4 is 57.6 Å². The van der Waals surface area contributed by atoms with E-state index in [1.165, 1.54) is 4.90 Å². The highest BCUT2D eigenvalue weighted by molar-refractivity contribution is 7.13. The van der Waals surface area contributed by atoms with Crippen LogP contribution in [0.25, 0.3) is 27.3 Å². The predicted octanol–water partition coefficient (Wildman–Crippen LogP) is 3.38. The van der Waals surface area contributed by atoms with Crippen molar-refractivity contribution in [2.75, 3.05) is 77.3 Å². The Labute approximate surface area is 370 Å². The zero-order valence-corrected chi connectivity index (χ0v) is 37.3. The minimum Gasteiger partial charge on any atom is -0.391 e. The van der Waals surface area contributed by atoms with Crippen LogP contribution in [-0.2, 0) is 33.4 Å². The average Bonchev–Trinajstić information content (AvgIpc) is 4.00. The molecule has 63 heavy (non-hydrogen) atoms. The van der Waals surface area contributed by atoms with E-state index in [-0.39, 0.29) is 70.5 Å². The zero-order chi connectivity index (χ0) is 44.7. The van der Waals surface area contributed by atoms with E-state index in [4.69, 9.17) is 19.2 Å². The summed E-state index contributed by atoms with van der Waals surface area (Å²) in [6.45, 7) is 12.1. The minimum atomic E-state index is -0.981. The molecule has 5 aromatic rings. The second-order valence-corrected chi connectivity index (χ2v) is 17.9. The Morgan fingerprint density at radius 2 is 1.59 bits per heavy atom. The van der Waals surface area contributed by atoms with Crippen LogP contribution in [0.15, 0.2) is 66.3 Å². The number of aliphatic hydroxyl groups is 1. The summed E-state index contributed by atoms with van der Waals surface area (Å²) in [5.41, 5.74) is 5.90. The molecule has 4 atom stereocenters. The normalized spacial score (nSPS) is 17.9. The first-order chi connectivity index (χ1) is 30.3. The number of carbonyl (C=O) groups excluding carboxylic acids is 4. The molecule has 2 aromatic carbocycles. The third kappa shape index (κ3) is 11.2. The van der Waals surface area contributed by atoms with E-state index in [0.29, 0.717) is 32.0 Å². The lowest BCUT2D eigenvalue weighted by Gasteiger charge is -2.35. The molecule has 7 rings (SSSR count). The van der Waals surface area contributed by atoms with Crippen molar-refractivity contribution in [2.45, 2.75) is 65.3 Å². The van der Waals surface area contributed by atoms with Gasteiger partial charge < -0.3 is 44.7 Å². The molecule has 2 aliphatic rings. The van der Waals surface area contributed by atoms with E-state index in [9.17, 15) is 24.3 Å². The third-order valence-corrected chi connectivity index (χ3v) is 12.4. The molecule has 2 aliphatic heterocycles. The summed E-state index contributed by atoms with van der Waals surface area (Å²) in [5, 5.41) is 16.4. The van der Waals surface area contributed by atoms with Crippen molar-refractivity contribution < 1.29 is 38.5 Å². The Bertz CT molecular complexity index is 2370. The van der Waals surface area contributed by atoms with Crippen LogP contribution in [0.1, 0.15) is 51.4 Å². The first-order valence-corrected chi connectivity index (χ1v) is 22.2. The molecule has 5 heterocycles. The fraction of sp³-hybridized carbons (Fsp3) is 0.489. The molecule has 0 bridgehead atoms. The minimum absolute atomic E-state index is 0.0272. The smallest absolute Gasteiger partial charge is 0.248 e. The summed E-state index contributed by atoms with van der Waals surface area (Å²) in [6, 6.07) is 15.6. The van der Waals surface area contributed by atoms with E-state index in [1.54, 1.807) is 16.2 Å². The molecule has 17 nitrogen and oxygen atoms in total. The summed E-state index contributed by atoms with van der Waals surface area (Å²) < 4.78 is 18.6. The van der Waals surface area contributed by atoms with Crippen molar-refractivity contribution in [3.63, 3.8) is 0 Å². The van der Waals surface area contributed by atoms with Gasteiger partial charge in [0.1, 0.15) is 31.1 Å². The van der Waals surface area contributed by atoms with Gasteiger partial charge in [0.15, 0.2) is 0 Å². The fourth-order valence-corrected chi connectivity index (χ4v) is 8.68. The molecule has 3 aromatic heterocycles. The Balaban J connectivity index is 0.776. The molecule has 4 amide bonds. The van der Waals surface area contributed by atoms with Crippen LogP contribution in [0.4, 0.5) is 5.82 Å². The summed E-state index contributed by atoms with van der Waals surface area (Å²) in [6.07, 6.45) is 1.18. The standard InChI is InChI=1S/C45H57N9O8S/c1-29(31-10-12-32(13-11-31)40-30(2)46-28-63-40)47-42(58)36-24-33(55)25-54(36)43(59)41(45(3,4)5)50-38(56)26-61-22-20-60-21-23-62-27-39(57)52-18-16-51(17-19-52)37-14-15-53-35-9-7-6-8-34(35)48-44(53)49-37/h6-15,28-29,33,36,41,55H,16-27H2,1-5H3,(H,47,58)(H,50,56)/t29-,33+,36-,41+/m0/s1. The lowest BCUT2D eigenvalue weighted by molar-refractivity contribution is -0.144. The van der Waals surface area contributed by atoms with Crippen LogP contribution in [0.2, 0.25) is 0 Å². The zero-order valence-electron chi connectivity index (χ0n) is 36.5. The van der Waals surface area contributed by atoms with Crippen LogP contribution < -0.4 is 15.5 Å². The van der Waals surface area contributed by atoms with Crippen LogP contribution >= 0.6 is 11.3 Å². The van der Waals surface area contributed by atoms with Gasteiger partial charge in [-0.15, -0.1) is 11.3 Å². The quantitative estimate of drug-likeness (QED) is 0.116. The number of benzene rings is 2. The number of fused-ring (bicyclic) bond motifs is 3. The SMILES string of the molecule is Cc1ncsc1-c1ccc([C@H](C)NC(=O)[C@@H]2C[C@@H](O)CN2C(=O)[C@@H](NC(=O)COCCOCCOCC(=O)N2CCN(c3ccn4c(n3)nc3ccccc34)CC2)C(C)(C)C)cc1. The molecule has 3 N–H and O–H groups in total. The molecule has 2 fully saturated rings. The highest BCUT2D eigenvalue weighted by Crippen LogP contribution is 2.30. The highest BCUT2D eigenvalue weighted by Gasteiger charge is 2.44. The first-order valence-electron chi connectivity index (χ1n) is 21.4. The lowest BCUT2D eigenvalue weighted by Crippen LogP contribution is -2.58. The number of ether oxygens (including phenoxy) is 3. The number of aryl methyl sites for hydroxylation is 1. The second-order valence-electron chi connectivity index (χ2n) is 17.0.